The number of hydrogen-bond donors (Lipinski definition) is 2. The molecule has 0 aliphatic carbocycles. The predicted molar refractivity (Wildman–Crippen MR) is 105 cm³/mol. The number of H-pyrrole nitrogens is 1. The van der Waals surface area contributed by atoms with Crippen molar-refractivity contribution in [3.63, 3.8) is 0 Å². The summed E-state index contributed by atoms with van der Waals surface area (Å²) in [6, 6.07) is 0.215. The monoisotopic (exact) mass is 372 g/mol. The standard InChI is InChI=1S/C19H28N6O2/c1-5-13-11-24(7-8-25(13)16(26)6-2)15-10-21-18-17(23-15)14(9-20-18)19(27)22-12(3)4/h9-10,12-13H,5-8,11H2,1-4H3,(H,20,21)(H,22,27)/t13-/m1/s1. The van der Waals surface area contributed by atoms with Crippen LogP contribution in [0.1, 0.15) is 50.9 Å². The van der Waals surface area contributed by atoms with Crippen molar-refractivity contribution in [2.24, 2.45) is 0 Å². The summed E-state index contributed by atoms with van der Waals surface area (Å²) < 4.78 is 0. The Labute approximate surface area is 159 Å². The number of aromatic nitrogens is 3. The quantitative estimate of drug-likeness (QED) is 0.836. The SMILES string of the molecule is CCC(=O)N1CCN(c2cnc3[nH]cc(C(=O)NC(C)C)c3n2)C[C@H]1CC. The number of aromatic amines is 1. The van der Waals surface area contributed by atoms with Gasteiger partial charge in [0.1, 0.15) is 11.3 Å². The van der Waals surface area contributed by atoms with Gasteiger partial charge in [0.2, 0.25) is 5.91 Å². The van der Waals surface area contributed by atoms with E-state index in [0.717, 1.165) is 18.8 Å². The molecule has 0 bridgehead atoms. The molecule has 1 atom stereocenters. The Kier molecular flexibility index (Phi) is 5.62. The summed E-state index contributed by atoms with van der Waals surface area (Å²) in [5, 5.41) is 2.89. The highest BCUT2D eigenvalue weighted by atomic mass is 16.2. The van der Waals surface area contributed by atoms with Gasteiger partial charge in [-0.2, -0.15) is 0 Å². The molecule has 146 valence electrons. The van der Waals surface area contributed by atoms with Gasteiger partial charge in [0.05, 0.1) is 11.8 Å². The van der Waals surface area contributed by atoms with Crippen LogP contribution in [0, 0.1) is 0 Å². The van der Waals surface area contributed by atoms with Crippen LogP contribution in [0.15, 0.2) is 12.4 Å². The van der Waals surface area contributed by atoms with E-state index < -0.39 is 0 Å². The molecule has 1 fully saturated rings. The van der Waals surface area contributed by atoms with Gasteiger partial charge in [0, 0.05) is 44.3 Å². The van der Waals surface area contributed by atoms with Crippen molar-refractivity contribution in [3.05, 3.63) is 18.0 Å². The Morgan fingerprint density at radius 3 is 2.78 bits per heavy atom. The number of amides is 2. The second-order valence-corrected chi connectivity index (χ2v) is 7.20. The van der Waals surface area contributed by atoms with E-state index >= 15 is 0 Å². The molecular weight excluding hydrogens is 344 g/mol. The van der Waals surface area contributed by atoms with Crippen molar-refractivity contribution in [2.45, 2.75) is 52.6 Å². The Morgan fingerprint density at radius 1 is 1.33 bits per heavy atom. The zero-order chi connectivity index (χ0) is 19.6. The van der Waals surface area contributed by atoms with Crippen LogP contribution in [0.5, 0.6) is 0 Å². The fourth-order valence-corrected chi connectivity index (χ4v) is 3.49. The van der Waals surface area contributed by atoms with Gasteiger partial charge in [0.15, 0.2) is 5.65 Å². The zero-order valence-corrected chi connectivity index (χ0v) is 16.5. The molecule has 2 aromatic rings. The Hall–Kier alpha value is -2.64. The Morgan fingerprint density at radius 2 is 2.11 bits per heavy atom. The van der Waals surface area contributed by atoms with Crippen molar-refractivity contribution >= 4 is 28.8 Å². The molecule has 0 radical (unpaired) electrons. The average molecular weight is 372 g/mol. The maximum atomic E-state index is 12.4. The number of hydrogen-bond acceptors (Lipinski definition) is 5. The van der Waals surface area contributed by atoms with E-state index in [1.54, 1.807) is 12.4 Å². The van der Waals surface area contributed by atoms with Crippen LogP contribution in [0.3, 0.4) is 0 Å². The molecule has 8 heteroatoms. The van der Waals surface area contributed by atoms with Crippen molar-refractivity contribution in [3.8, 4) is 0 Å². The van der Waals surface area contributed by atoms with Gasteiger partial charge in [-0.25, -0.2) is 9.97 Å². The number of nitrogens with one attached hydrogen (secondary N) is 2. The van der Waals surface area contributed by atoms with Gasteiger partial charge < -0.3 is 20.1 Å². The lowest BCUT2D eigenvalue weighted by Gasteiger charge is -2.41. The number of nitrogens with zero attached hydrogens (tertiary/aromatic N) is 4. The van der Waals surface area contributed by atoms with Crippen molar-refractivity contribution in [1.82, 2.24) is 25.2 Å². The van der Waals surface area contributed by atoms with Crippen molar-refractivity contribution < 1.29 is 9.59 Å². The third-order valence-electron chi connectivity index (χ3n) is 4.93. The number of carbonyl (C=O) groups excluding carboxylic acids is 2. The molecule has 2 aromatic heterocycles. The smallest absolute Gasteiger partial charge is 0.255 e. The maximum Gasteiger partial charge on any atom is 0.255 e. The molecule has 27 heavy (non-hydrogen) atoms. The van der Waals surface area contributed by atoms with E-state index in [2.05, 4.69) is 27.1 Å². The molecule has 0 spiro atoms. The van der Waals surface area contributed by atoms with Crippen LogP contribution in [-0.2, 0) is 4.79 Å². The summed E-state index contributed by atoms with van der Waals surface area (Å²) >= 11 is 0. The molecule has 2 amide bonds. The van der Waals surface area contributed by atoms with E-state index in [1.807, 2.05) is 25.7 Å². The van der Waals surface area contributed by atoms with E-state index in [1.165, 1.54) is 0 Å². The van der Waals surface area contributed by atoms with Crippen LogP contribution in [0.25, 0.3) is 11.2 Å². The minimum Gasteiger partial charge on any atom is -0.351 e. The highest BCUT2D eigenvalue weighted by Crippen LogP contribution is 2.22. The highest BCUT2D eigenvalue weighted by Gasteiger charge is 2.29. The van der Waals surface area contributed by atoms with E-state index in [4.69, 9.17) is 4.98 Å². The van der Waals surface area contributed by atoms with Crippen LogP contribution in [-0.4, -0.2) is 63.4 Å². The van der Waals surface area contributed by atoms with Gasteiger partial charge in [-0.1, -0.05) is 13.8 Å². The van der Waals surface area contributed by atoms with E-state index in [-0.39, 0.29) is 23.9 Å². The van der Waals surface area contributed by atoms with Crippen LogP contribution < -0.4 is 10.2 Å². The fraction of sp³-hybridized carbons (Fsp3) is 0.579. The first-order valence-corrected chi connectivity index (χ1v) is 9.64. The first kappa shape index (κ1) is 19.1. The highest BCUT2D eigenvalue weighted by molar-refractivity contribution is 6.04. The van der Waals surface area contributed by atoms with E-state index in [9.17, 15) is 9.59 Å². The van der Waals surface area contributed by atoms with Crippen LogP contribution in [0.4, 0.5) is 5.82 Å². The first-order chi connectivity index (χ1) is 12.9. The molecule has 0 saturated carbocycles. The lowest BCUT2D eigenvalue weighted by atomic mass is 10.1. The average Bonchev–Trinajstić information content (AvgIpc) is 3.09. The third-order valence-corrected chi connectivity index (χ3v) is 4.93. The van der Waals surface area contributed by atoms with Gasteiger partial charge in [-0.05, 0) is 20.3 Å². The zero-order valence-electron chi connectivity index (χ0n) is 16.5. The lowest BCUT2D eigenvalue weighted by molar-refractivity contribution is -0.133. The summed E-state index contributed by atoms with van der Waals surface area (Å²) in [5.74, 6) is 0.775. The number of anilines is 1. The van der Waals surface area contributed by atoms with Crippen molar-refractivity contribution in [2.75, 3.05) is 24.5 Å². The predicted octanol–water partition coefficient (Wildman–Crippen LogP) is 1.93. The van der Waals surface area contributed by atoms with E-state index in [0.29, 0.717) is 36.2 Å². The molecule has 3 rings (SSSR count). The summed E-state index contributed by atoms with van der Waals surface area (Å²) in [6.45, 7) is 9.95. The van der Waals surface area contributed by atoms with Gasteiger partial charge >= 0.3 is 0 Å². The van der Waals surface area contributed by atoms with Crippen molar-refractivity contribution in [1.29, 1.82) is 0 Å². The second kappa shape index (κ2) is 7.94. The maximum absolute atomic E-state index is 12.4. The minimum absolute atomic E-state index is 0.0492. The summed E-state index contributed by atoms with van der Waals surface area (Å²) in [6.07, 6.45) is 4.80. The largest absolute Gasteiger partial charge is 0.351 e. The summed E-state index contributed by atoms with van der Waals surface area (Å²) in [5.41, 5.74) is 1.67. The van der Waals surface area contributed by atoms with Crippen LogP contribution >= 0.6 is 0 Å². The number of rotatable bonds is 5. The lowest BCUT2D eigenvalue weighted by Crippen LogP contribution is -2.55. The number of carbonyl (C=O) groups is 2. The Bertz CT molecular complexity index is 831. The molecular formula is C19H28N6O2. The molecule has 2 N–H and O–H groups in total. The third kappa shape index (κ3) is 3.89. The first-order valence-electron chi connectivity index (χ1n) is 9.64. The Balaban J connectivity index is 1.85. The molecule has 0 unspecified atom stereocenters. The fourth-order valence-electron chi connectivity index (χ4n) is 3.49. The normalized spacial score (nSPS) is 17.6. The minimum atomic E-state index is -0.160. The number of piperazine rings is 1. The van der Waals surface area contributed by atoms with Gasteiger partial charge in [0.25, 0.3) is 5.91 Å². The molecule has 3 heterocycles. The van der Waals surface area contributed by atoms with Gasteiger partial charge in [-0.3, -0.25) is 9.59 Å². The number of fused-ring (bicyclic) bond motifs is 1. The molecule has 1 saturated heterocycles. The second-order valence-electron chi connectivity index (χ2n) is 7.20. The van der Waals surface area contributed by atoms with Gasteiger partial charge in [-0.15, -0.1) is 0 Å². The van der Waals surface area contributed by atoms with Crippen LogP contribution in [0.2, 0.25) is 0 Å². The molecule has 8 nitrogen and oxygen atoms in total. The molecule has 0 aromatic carbocycles. The summed E-state index contributed by atoms with van der Waals surface area (Å²) in [4.78, 5) is 40.9. The summed E-state index contributed by atoms with van der Waals surface area (Å²) in [7, 11) is 0. The topological polar surface area (TPSA) is 94.2 Å². The molecule has 1 aliphatic rings. The molecule has 1 aliphatic heterocycles.